The molecule has 0 saturated heterocycles. The minimum Gasteiger partial charge on any atom is -0.375 e. The summed E-state index contributed by atoms with van der Waals surface area (Å²) in [7, 11) is 5.78. The molecule has 0 saturated carbocycles. The smallest absolute Gasteiger partial charge is 0.246 e. The predicted octanol–water partition coefficient (Wildman–Crippen LogP) is 0.939. The van der Waals surface area contributed by atoms with Crippen molar-refractivity contribution in [2.24, 2.45) is 5.41 Å². The van der Waals surface area contributed by atoms with Gasteiger partial charge in [-0.15, -0.1) is 0 Å². The minimum atomic E-state index is -0.113. The maximum Gasteiger partial charge on any atom is 0.246 e. The molecule has 1 aliphatic rings. The van der Waals surface area contributed by atoms with Gasteiger partial charge in [-0.2, -0.15) is 5.10 Å². The number of rotatable bonds is 8. The van der Waals surface area contributed by atoms with Gasteiger partial charge in [0.2, 0.25) is 5.91 Å². The second kappa shape index (κ2) is 8.78. The second-order valence-corrected chi connectivity index (χ2v) is 8.03. The molecule has 1 aromatic heterocycles. The standard InChI is InChI=1S/C18H33N5O2/c1-18(2,13-21(3)4)14-22-7-6-8-23-16(11-22)9-15(20-23)10-19-17(24)12-25-5/h9H,6-8,10-14H2,1-5H3,(H,19,24). The zero-order valence-corrected chi connectivity index (χ0v) is 16.3. The molecule has 142 valence electrons. The van der Waals surface area contributed by atoms with Crippen molar-refractivity contribution < 1.29 is 9.53 Å². The van der Waals surface area contributed by atoms with Crippen LogP contribution in [0.4, 0.5) is 0 Å². The molecule has 0 aliphatic carbocycles. The van der Waals surface area contributed by atoms with E-state index < -0.39 is 0 Å². The number of nitrogens with one attached hydrogen (secondary N) is 1. The number of aromatic nitrogens is 2. The number of aryl methyl sites for hydroxylation is 1. The van der Waals surface area contributed by atoms with Crippen LogP contribution in [0.15, 0.2) is 6.07 Å². The van der Waals surface area contributed by atoms with Crippen LogP contribution < -0.4 is 5.32 Å². The molecule has 0 bridgehead atoms. The lowest BCUT2D eigenvalue weighted by Crippen LogP contribution is -2.40. The molecule has 1 amide bonds. The fraction of sp³-hybridized carbons (Fsp3) is 0.778. The number of hydrogen-bond donors (Lipinski definition) is 1. The average Bonchev–Trinajstić information content (AvgIpc) is 2.76. The molecule has 2 rings (SSSR count). The first kappa shape index (κ1) is 19.9. The summed E-state index contributed by atoms with van der Waals surface area (Å²) in [6.07, 6.45) is 1.10. The van der Waals surface area contributed by atoms with Crippen molar-refractivity contribution in [3.05, 3.63) is 17.5 Å². The molecular formula is C18H33N5O2. The molecule has 1 aromatic rings. The Morgan fingerprint density at radius 3 is 2.84 bits per heavy atom. The zero-order valence-electron chi connectivity index (χ0n) is 16.3. The Kier molecular flexibility index (Phi) is 6.98. The van der Waals surface area contributed by atoms with Crippen molar-refractivity contribution in [3.63, 3.8) is 0 Å². The number of fused-ring (bicyclic) bond motifs is 1. The van der Waals surface area contributed by atoms with E-state index >= 15 is 0 Å². The molecule has 0 spiro atoms. The number of hydrogen-bond acceptors (Lipinski definition) is 5. The summed E-state index contributed by atoms with van der Waals surface area (Å²) < 4.78 is 6.92. The van der Waals surface area contributed by atoms with Crippen LogP contribution in [-0.4, -0.2) is 72.9 Å². The largest absolute Gasteiger partial charge is 0.375 e. The summed E-state index contributed by atoms with van der Waals surface area (Å²) >= 11 is 0. The van der Waals surface area contributed by atoms with E-state index in [9.17, 15) is 4.79 Å². The zero-order chi connectivity index (χ0) is 18.4. The highest BCUT2D eigenvalue weighted by Crippen LogP contribution is 2.21. The topological polar surface area (TPSA) is 62.6 Å². The third-order valence-electron chi connectivity index (χ3n) is 4.28. The number of carbonyl (C=O) groups excluding carboxylic acids is 1. The summed E-state index contributed by atoms with van der Waals surface area (Å²) in [5.41, 5.74) is 2.39. The van der Waals surface area contributed by atoms with Gasteiger partial charge < -0.3 is 15.0 Å². The van der Waals surface area contributed by atoms with E-state index in [1.807, 2.05) is 0 Å². The van der Waals surface area contributed by atoms with Crippen molar-refractivity contribution >= 4 is 5.91 Å². The van der Waals surface area contributed by atoms with Gasteiger partial charge in [0, 0.05) is 39.8 Å². The summed E-state index contributed by atoms with van der Waals surface area (Å²) in [5, 5.41) is 7.49. The fourth-order valence-electron chi connectivity index (χ4n) is 3.69. The van der Waals surface area contributed by atoms with Gasteiger partial charge in [0.05, 0.1) is 17.9 Å². The maximum absolute atomic E-state index is 11.5. The quantitative estimate of drug-likeness (QED) is 0.755. The van der Waals surface area contributed by atoms with E-state index in [0.29, 0.717) is 6.54 Å². The van der Waals surface area contributed by atoms with Gasteiger partial charge in [-0.3, -0.25) is 14.4 Å². The van der Waals surface area contributed by atoms with E-state index in [2.05, 4.69) is 58.9 Å². The van der Waals surface area contributed by atoms with Gasteiger partial charge in [0.15, 0.2) is 0 Å². The number of nitrogens with zero attached hydrogens (tertiary/aromatic N) is 4. The Morgan fingerprint density at radius 1 is 1.40 bits per heavy atom. The first-order valence-corrected chi connectivity index (χ1v) is 8.97. The van der Waals surface area contributed by atoms with Gasteiger partial charge in [-0.1, -0.05) is 13.8 Å². The van der Waals surface area contributed by atoms with Crippen LogP contribution >= 0.6 is 0 Å². The summed E-state index contributed by atoms with van der Waals surface area (Å²) in [5.74, 6) is -0.113. The molecule has 0 unspecified atom stereocenters. The molecule has 2 heterocycles. The number of carbonyl (C=O) groups is 1. The third-order valence-corrected chi connectivity index (χ3v) is 4.28. The van der Waals surface area contributed by atoms with E-state index in [0.717, 1.165) is 44.8 Å². The maximum atomic E-state index is 11.5. The summed E-state index contributed by atoms with van der Waals surface area (Å²) in [6, 6.07) is 2.12. The third kappa shape index (κ3) is 6.41. The van der Waals surface area contributed by atoms with Gasteiger partial charge in [0.25, 0.3) is 0 Å². The first-order chi connectivity index (χ1) is 11.8. The van der Waals surface area contributed by atoms with E-state index in [-0.39, 0.29) is 17.9 Å². The number of methoxy groups -OCH3 is 1. The Labute approximate surface area is 151 Å². The number of amides is 1. The van der Waals surface area contributed by atoms with Crippen molar-refractivity contribution in [2.45, 2.75) is 39.9 Å². The highest BCUT2D eigenvalue weighted by molar-refractivity contribution is 5.77. The lowest BCUT2D eigenvalue weighted by Gasteiger charge is -2.34. The molecule has 1 N–H and O–H groups in total. The van der Waals surface area contributed by atoms with Gasteiger partial charge in [-0.25, -0.2) is 0 Å². The Bertz CT molecular complexity index is 568. The van der Waals surface area contributed by atoms with Crippen molar-refractivity contribution in [1.82, 2.24) is 24.9 Å². The Morgan fingerprint density at radius 2 is 2.16 bits per heavy atom. The highest BCUT2D eigenvalue weighted by atomic mass is 16.5. The van der Waals surface area contributed by atoms with Gasteiger partial charge >= 0.3 is 0 Å². The molecule has 0 aromatic carbocycles. The Hall–Kier alpha value is -1.44. The van der Waals surface area contributed by atoms with Crippen molar-refractivity contribution in [2.75, 3.05) is 47.4 Å². The lowest BCUT2D eigenvalue weighted by molar-refractivity contribution is -0.124. The number of ether oxygens (including phenoxy) is 1. The average molecular weight is 351 g/mol. The summed E-state index contributed by atoms with van der Waals surface area (Å²) in [6.45, 7) is 10.3. The van der Waals surface area contributed by atoms with Crippen LogP contribution in [0.5, 0.6) is 0 Å². The molecule has 25 heavy (non-hydrogen) atoms. The van der Waals surface area contributed by atoms with E-state index in [1.165, 1.54) is 12.8 Å². The van der Waals surface area contributed by atoms with Crippen LogP contribution in [0.2, 0.25) is 0 Å². The SMILES string of the molecule is COCC(=O)NCc1cc2n(n1)CCCN(CC(C)(C)CN(C)C)C2. The second-order valence-electron chi connectivity index (χ2n) is 8.03. The molecular weight excluding hydrogens is 318 g/mol. The minimum absolute atomic E-state index is 0.0856. The van der Waals surface area contributed by atoms with Crippen molar-refractivity contribution in [3.8, 4) is 0 Å². The van der Waals surface area contributed by atoms with Crippen LogP contribution in [0.25, 0.3) is 0 Å². The van der Waals surface area contributed by atoms with Gasteiger partial charge in [0.1, 0.15) is 6.61 Å². The summed E-state index contributed by atoms with van der Waals surface area (Å²) in [4.78, 5) is 16.3. The van der Waals surface area contributed by atoms with Crippen LogP contribution in [0.3, 0.4) is 0 Å². The monoisotopic (exact) mass is 351 g/mol. The van der Waals surface area contributed by atoms with Crippen LogP contribution in [0, 0.1) is 5.41 Å². The van der Waals surface area contributed by atoms with Gasteiger partial charge in [-0.05, 0) is 32.0 Å². The van der Waals surface area contributed by atoms with E-state index in [4.69, 9.17) is 4.74 Å². The lowest BCUT2D eigenvalue weighted by atomic mass is 9.92. The molecule has 7 nitrogen and oxygen atoms in total. The van der Waals surface area contributed by atoms with Crippen LogP contribution in [0.1, 0.15) is 31.7 Å². The predicted molar refractivity (Wildman–Crippen MR) is 98.2 cm³/mol. The van der Waals surface area contributed by atoms with E-state index in [1.54, 1.807) is 0 Å². The molecule has 0 fully saturated rings. The van der Waals surface area contributed by atoms with Crippen molar-refractivity contribution in [1.29, 1.82) is 0 Å². The molecule has 0 atom stereocenters. The first-order valence-electron chi connectivity index (χ1n) is 8.97. The Balaban J connectivity index is 1.96. The van der Waals surface area contributed by atoms with Crippen LogP contribution in [-0.2, 0) is 29.2 Å². The highest BCUT2D eigenvalue weighted by Gasteiger charge is 2.25. The fourth-order valence-corrected chi connectivity index (χ4v) is 3.69. The normalized spacial score (nSPS) is 15.9. The molecule has 7 heteroatoms. The molecule has 0 radical (unpaired) electrons. The molecule has 1 aliphatic heterocycles.